The smallest absolute Gasteiger partial charge is 0.360 e. The van der Waals surface area contributed by atoms with Crippen LogP contribution in [0.15, 0.2) is 35.7 Å². The molecule has 10 heteroatoms. The Morgan fingerprint density at radius 2 is 1.70 bits per heavy atom. The predicted molar refractivity (Wildman–Crippen MR) is 82.9 cm³/mol. The van der Waals surface area contributed by atoms with Gasteiger partial charge < -0.3 is 4.84 Å². The summed E-state index contributed by atoms with van der Waals surface area (Å²) in [6.07, 6.45) is -4.68. The van der Waals surface area contributed by atoms with Gasteiger partial charge in [0.05, 0.1) is 24.2 Å². The van der Waals surface area contributed by atoms with Crippen LogP contribution >= 0.6 is 0 Å². The summed E-state index contributed by atoms with van der Waals surface area (Å²) in [5, 5.41) is 0.719. The molecule has 1 aromatic carbocycles. The molecule has 2 amide bonds. The van der Waals surface area contributed by atoms with E-state index in [1.54, 1.807) is 12.1 Å². The molecule has 0 saturated carbocycles. The average Bonchev–Trinajstić information content (AvgIpc) is 2.86. The predicted octanol–water partition coefficient (Wildman–Crippen LogP) is 2.62. The van der Waals surface area contributed by atoms with Gasteiger partial charge in [0.2, 0.25) is 0 Å². The minimum atomic E-state index is -5.15. The Morgan fingerprint density at radius 3 is 2.26 bits per heavy atom. The van der Waals surface area contributed by atoms with Gasteiger partial charge in [-0.15, -0.1) is 5.06 Å². The van der Waals surface area contributed by atoms with Crippen molar-refractivity contribution in [3.8, 4) is 0 Å². The monoisotopic (exact) mass is 386 g/mol. The van der Waals surface area contributed by atoms with Gasteiger partial charge in [-0.2, -0.15) is 13.2 Å². The Hall–Kier alpha value is -2.75. The van der Waals surface area contributed by atoms with E-state index >= 15 is 0 Å². The number of benzene rings is 1. The van der Waals surface area contributed by atoms with Crippen LogP contribution < -0.4 is 0 Å². The number of rotatable bonds is 3. The number of hydrogen-bond acceptors (Lipinski definition) is 5. The van der Waals surface area contributed by atoms with Crippen LogP contribution in [0.25, 0.3) is 0 Å². The minimum absolute atomic E-state index is 0.0195. The maximum atomic E-state index is 14.6. The zero-order valence-corrected chi connectivity index (χ0v) is 13.9. The molecule has 27 heavy (non-hydrogen) atoms. The van der Waals surface area contributed by atoms with Crippen molar-refractivity contribution in [1.29, 1.82) is 0 Å². The summed E-state index contributed by atoms with van der Waals surface area (Å²) in [4.78, 5) is 40.4. The lowest BCUT2D eigenvalue weighted by Gasteiger charge is -2.28. The van der Waals surface area contributed by atoms with Gasteiger partial charge in [0.25, 0.3) is 11.8 Å². The number of fused-ring (bicyclic) bond motifs is 1. The van der Waals surface area contributed by atoms with Crippen molar-refractivity contribution >= 4 is 17.8 Å². The van der Waals surface area contributed by atoms with Gasteiger partial charge in [-0.25, -0.2) is 9.18 Å². The van der Waals surface area contributed by atoms with E-state index in [2.05, 4.69) is 4.84 Å². The van der Waals surface area contributed by atoms with Gasteiger partial charge in [-0.3, -0.25) is 14.5 Å². The van der Waals surface area contributed by atoms with Gasteiger partial charge >= 0.3 is 12.1 Å². The van der Waals surface area contributed by atoms with Crippen molar-refractivity contribution in [2.75, 3.05) is 19.6 Å². The number of alkyl halides is 3. The molecule has 2 aliphatic rings. The van der Waals surface area contributed by atoms with Gasteiger partial charge in [0.15, 0.2) is 0 Å². The molecule has 2 heterocycles. The second-order valence-corrected chi connectivity index (χ2v) is 6.09. The summed E-state index contributed by atoms with van der Waals surface area (Å²) in [5.74, 6) is -4.47. The highest BCUT2D eigenvalue weighted by molar-refractivity contribution is 6.21. The number of nitrogens with zero attached hydrogens (tertiary/aromatic N) is 2. The van der Waals surface area contributed by atoms with E-state index in [1.807, 2.05) is 0 Å². The van der Waals surface area contributed by atoms with Crippen molar-refractivity contribution in [2.45, 2.75) is 19.0 Å². The quantitative estimate of drug-likeness (QED) is 0.590. The molecule has 0 unspecified atom stereocenters. The number of amides is 2. The van der Waals surface area contributed by atoms with E-state index in [0.717, 1.165) is 9.96 Å². The average molecular weight is 386 g/mol. The molecule has 1 fully saturated rings. The standard InChI is InChI=1S/C17H14F4N2O4/c18-13(9-23-14(24)11-5-1-2-6-12(11)15(23)25)10-4-3-7-22(8-10)27-16(26)17(19,20)21/h1-2,5-6H,3-4,7-9H2/b13-10-. The molecule has 1 aromatic rings. The molecule has 0 bridgehead atoms. The van der Waals surface area contributed by atoms with E-state index in [4.69, 9.17) is 0 Å². The van der Waals surface area contributed by atoms with Crippen LogP contribution in [0.3, 0.4) is 0 Å². The number of halogens is 4. The van der Waals surface area contributed by atoms with Gasteiger partial charge in [-0.1, -0.05) is 12.1 Å². The van der Waals surface area contributed by atoms with Crippen LogP contribution in [0, 0.1) is 0 Å². The fourth-order valence-corrected chi connectivity index (χ4v) is 2.94. The fraction of sp³-hybridized carbons (Fsp3) is 0.353. The zero-order chi connectivity index (χ0) is 19.8. The van der Waals surface area contributed by atoms with Crippen LogP contribution in [0.2, 0.25) is 0 Å². The summed E-state index contributed by atoms with van der Waals surface area (Å²) >= 11 is 0. The second-order valence-electron chi connectivity index (χ2n) is 6.09. The lowest BCUT2D eigenvalue weighted by Crippen LogP contribution is -2.39. The SMILES string of the molecule is O=C1c2ccccc2C(=O)N1C/C(F)=C1\CCCN(OC(=O)C(F)(F)F)C1. The second kappa shape index (κ2) is 7.10. The third-order valence-corrected chi connectivity index (χ3v) is 4.26. The first kappa shape index (κ1) is 19.0. The summed E-state index contributed by atoms with van der Waals surface area (Å²) in [7, 11) is 0. The molecular weight excluding hydrogens is 372 g/mol. The fourth-order valence-electron chi connectivity index (χ4n) is 2.94. The number of carbonyl (C=O) groups is 3. The van der Waals surface area contributed by atoms with E-state index in [-0.39, 0.29) is 42.6 Å². The maximum absolute atomic E-state index is 14.6. The third kappa shape index (κ3) is 3.85. The highest BCUT2D eigenvalue weighted by Gasteiger charge is 2.43. The summed E-state index contributed by atoms with van der Waals surface area (Å²) in [6.45, 7) is -0.967. The van der Waals surface area contributed by atoms with Gasteiger partial charge in [0, 0.05) is 6.54 Å². The molecule has 0 N–H and O–H groups in total. The Bertz CT molecular complexity index is 799. The molecular formula is C17H14F4N2O4. The van der Waals surface area contributed by atoms with Crippen molar-refractivity contribution < 1.29 is 36.8 Å². The van der Waals surface area contributed by atoms with Crippen LogP contribution in [-0.2, 0) is 9.63 Å². The third-order valence-electron chi connectivity index (χ3n) is 4.26. The largest absolute Gasteiger partial charge is 0.492 e. The number of carbonyl (C=O) groups excluding carboxylic acids is 3. The van der Waals surface area contributed by atoms with E-state index in [0.29, 0.717) is 0 Å². The molecule has 0 aromatic heterocycles. The van der Waals surface area contributed by atoms with Crippen LogP contribution in [-0.4, -0.2) is 53.6 Å². The topological polar surface area (TPSA) is 66.9 Å². The lowest BCUT2D eigenvalue weighted by atomic mass is 10.1. The van der Waals surface area contributed by atoms with Gasteiger partial charge in [0.1, 0.15) is 5.83 Å². The summed E-state index contributed by atoms with van der Waals surface area (Å²) in [6, 6.07) is 6.08. The van der Waals surface area contributed by atoms with Crippen molar-refractivity contribution in [1.82, 2.24) is 9.96 Å². The van der Waals surface area contributed by atoms with Crippen molar-refractivity contribution in [3.05, 3.63) is 46.8 Å². The van der Waals surface area contributed by atoms with Crippen molar-refractivity contribution in [2.24, 2.45) is 0 Å². The molecule has 2 aliphatic heterocycles. The Labute approximate surface area is 150 Å². The van der Waals surface area contributed by atoms with Crippen LogP contribution in [0.5, 0.6) is 0 Å². The molecule has 0 radical (unpaired) electrons. The van der Waals surface area contributed by atoms with Crippen LogP contribution in [0.1, 0.15) is 33.6 Å². The molecule has 144 valence electrons. The number of piperidine rings is 1. The first-order valence-electron chi connectivity index (χ1n) is 8.04. The Kier molecular flexibility index (Phi) is 5.01. The highest BCUT2D eigenvalue weighted by Crippen LogP contribution is 2.27. The molecule has 6 nitrogen and oxygen atoms in total. The molecule has 0 aliphatic carbocycles. The van der Waals surface area contributed by atoms with Crippen molar-refractivity contribution in [3.63, 3.8) is 0 Å². The first-order chi connectivity index (χ1) is 12.7. The first-order valence-corrected chi connectivity index (χ1v) is 8.04. The van der Waals surface area contributed by atoms with E-state index in [1.165, 1.54) is 12.1 Å². The summed E-state index contributed by atoms with van der Waals surface area (Å²) in [5.41, 5.74) is 0.419. The minimum Gasteiger partial charge on any atom is -0.360 e. The zero-order valence-electron chi connectivity index (χ0n) is 13.9. The molecule has 1 saturated heterocycles. The molecule has 0 spiro atoms. The molecule has 3 rings (SSSR count). The normalized spacial score (nSPS) is 19.9. The number of imide groups is 1. The number of hydroxylamine groups is 2. The van der Waals surface area contributed by atoms with E-state index in [9.17, 15) is 31.9 Å². The lowest BCUT2D eigenvalue weighted by molar-refractivity contribution is -0.238. The summed E-state index contributed by atoms with van der Waals surface area (Å²) < 4.78 is 51.4. The Balaban J connectivity index is 1.71. The number of hydrogen-bond donors (Lipinski definition) is 0. The molecule has 0 atom stereocenters. The maximum Gasteiger partial charge on any atom is 0.492 e. The highest BCUT2D eigenvalue weighted by atomic mass is 19.4. The van der Waals surface area contributed by atoms with E-state index < -0.39 is 36.3 Å². The Morgan fingerprint density at radius 1 is 1.11 bits per heavy atom. The van der Waals surface area contributed by atoms with Crippen LogP contribution in [0.4, 0.5) is 17.6 Å². The van der Waals surface area contributed by atoms with Gasteiger partial charge in [-0.05, 0) is 30.5 Å².